The molecule has 0 spiro atoms. The van der Waals surface area contributed by atoms with Crippen molar-refractivity contribution in [3.8, 4) is 0 Å². The van der Waals surface area contributed by atoms with E-state index in [1.807, 2.05) is 0 Å². The van der Waals surface area contributed by atoms with Gasteiger partial charge in [0.1, 0.15) is 0 Å². The summed E-state index contributed by atoms with van der Waals surface area (Å²) in [6, 6.07) is 0. The summed E-state index contributed by atoms with van der Waals surface area (Å²) in [6.45, 7) is 11.6. The number of hydrogen-bond donors (Lipinski definition) is 0. The first kappa shape index (κ1) is 18.8. The van der Waals surface area contributed by atoms with Crippen LogP contribution in [0.4, 0.5) is 0 Å². The number of unbranched alkanes of at least 4 members (excludes halogenated alkanes) is 3. The van der Waals surface area contributed by atoms with E-state index in [9.17, 15) is 0 Å². The fraction of sp³-hybridized carbons (Fsp3) is 1.00. The summed E-state index contributed by atoms with van der Waals surface area (Å²) in [6.07, 6.45) is 8.71. The summed E-state index contributed by atoms with van der Waals surface area (Å²) in [5.74, 6) is 1.74. The molecule has 20 heavy (non-hydrogen) atoms. The molecule has 0 radical (unpaired) electrons. The molecule has 1 heterocycles. The molecule has 0 bridgehead atoms. The third-order valence-electron chi connectivity index (χ3n) is 5.39. The zero-order valence-electron chi connectivity index (χ0n) is 14.5. The Morgan fingerprint density at radius 2 is 1.35 bits per heavy atom. The molecule has 0 aromatic rings. The van der Waals surface area contributed by atoms with Crippen molar-refractivity contribution in [1.82, 2.24) is 0 Å². The van der Waals surface area contributed by atoms with Crippen LogP contribution in [0.25, 0.3) is 0 Å². The molecule has 120 valence electrons. The third kappa shape index (κ3) is 6.25. The molecule has 1 aliphatic rings. The summed E-state index contributed by atoms with van der Waals surface area (Å²) in [5.41, 5.74) is 0. The van der Waals surface area contributed by atoms with Crippen LogP contribution in [0.15, 0.2) is 0 Å². The second-order valence-electron chi connectivity index (χ2n) is 7.29. The summed E-state index contributed by atoms with van der Waals surface area (Å²) in [7, 11) is 0. The van der Waals surface area contributed by atoms with Crippen LogP contribution >= 0.6 is 0 Å². The van der Waals surface area contributed by atoms with Crippen LogP contribution in [0.3, 0.4) is 0 Å². The third-order valence-corrected chi connectivity index (χ3v) is 21.5. The van der Waals surface area contributed by atoms with Crippen molar-refractivity contribution in [3.63, 3.8) is 0 Å². The second kappa shape index (κ2) is 10.5. The molecule has 1 saturated heterocycles. The summed E-state index contributed by atoms with van der Waals surface area (Å²) < 4.78 is 12.4. The van der Waals surface area contributed by atoms with E-state index in [4.69, 9.17) is 4.74 Å². The maximum atomic E-state index is 5.76. The summed E-state index contributed by atoms with van der Waals surface area (Å²) >= 11 is -1.90. The van der Waals surface area contributed by atoms with E-state index in [1.54, 1.807) is 17.7 Å². The zero-order valence-corrected chi connectivity index (χ0v) is 17.4. The molecule has 1 rings (SSSR count). The molecule has 0 amide bonds. The SMILES string of the molecule is CCC[CH2][Sn]([CH2]CCC)([CH2]CCC)[CH2][C@@H]1COC[C@@H]1C. The van der Waals surface area contributed by atoms with E-state index in [-0.39, 0.29) is 0 Å². The number of hydrogen-bond acceptors (Lipinski definition) is 1. The Bertz CT molecular complexity index is 220. The fourth-order valence-corrected chi connectivity index (χ4v) is 21.9. The molecule has 1 fully saturated rings. The van der Waals surface area contributed by atoms with Gasteiger partial charge in [0.05, 0.1) is 0 Å². The summed E-state index contributed by atoms with van der Waals surface area (Å²) in [5, 5.41) is 0. The van der Waals surface area contributed by atoms with Crippen LogP contribution in [-0.4, -0.2) is 31.6 Å². The normalized spacial score (nSPS) is 23.4. The van der Waals surface area contributed by atoms with Crippen molar-refractivity contribution in [1.29, 1.82) is 0 Å². The predicted octanol–water partition coefficient (Wildman–Crippen LogP) is 6.12. The van der Waals surface area contributed by atoms with Crippen LogP contribution in [0.2, 0.25) is 17.7 Å². The van der Waals surface area contributed by atoms with Gasteiger partial charge in [0.15, 0.2) is 0 Å². The van der Waals surface area contributed by atoms with Crippen molar-refractivity contribution >= 4 is 18.4 Å². The van der Waals surface area contributed by atoms with Gasteiger partial charge in [-0.1, -0.05) is 0 Å². The van der Waals surface area contributed by atoms with Gasteiger partial charge in [0.2, 0.25) is 0 Å². The molecule has 1 aliphatic heterocycles. The first-order valence-electron chi connectivity index (χ1n) is 9.25. The average molecular weight is 389 g/mol. The molecular formula is C18H38OSn. The molecule has 1 nitrogen and oxygen atoms in total. The molecule has 0 N–H and O–H groups in total. The van der Waals surface area contributed by atoms with Gasteiger partial charge in [-0.05, 0) is 0 Å². The van der Waals surface area contributed by atoms with Crippen LogP contribution in [-0.2, 0) is 4.74 Å². The van der Waals surface area contributed by atoms with Gasteiger partial charge in [0.25, 0.3) is 0 Å². The molecule has 0 aliphatic carbocycles. The van der Waals surface area contributed by atoms with Gasteiger partial charge in [-0.25, -0.2) is 0 Å². The standard InChI is InChI=1S/C6H11O.3C4H9.Sn/c1-5-3-7-4-6(5)2;3*1-3-4-2;/h5-6H,1,3-4H2,2H3;3*1,3-4H2,2H3;/t5-,6+;;;;/m1..../s1. The van der Waals surface area contributed by atoms with Gasteiger partial charge in [0, 0.05) is 0 Å². The van der Waals surface area contributed by atoms with Crippen LogP contribution in [0, 0.1) is 11.8 Å². The van der Waals surface area contributed by atoms with Gasteiger partial charge in [-0.15, -0.1) is 0 Å². The van der Waals surface area contributed by atoms with Gasteiger partial charge >= 0.3 is 132 Å². The Hall–Kier alpha value is 0.759. The number of ether oxygens (including phenoxy) is 1. The van der Waals surface area contributed by atoms with Crippen LogP contribution in [0.5, 0.6) is 0 Å². The summed E-state index contributed by atoms with van der Waals surface area (Å²) in [4.78, 5) is 0. The predicted molar refractivity (Wildman–Crippen MR) is 93.2 cm³/mol. The minimum atomic E-state index is -1.90. The Morgan fingerprint density at radius 3 is 1.70 bits per heavy atom. The van der Waals surface area contributed by atoms with E-state index >= 15 is 0 Å². The topological polar surface area (TPSA) is 9.23 Å². The van der Waals surface area contributed by atoms with Crippen molar-refractivity contribution in [2.45, 2.75) is 84.0 Å². The van der Waals surface area contributed by atoms with E-state index in [2.05, 4.69) is 27.7 Å². The van der Waals surface area contributed by atoms with Gasteiger partial charge in [-0.2, -0.15) is 0 Å². The molecule has 0 saturated carbocycles. The number of rotatable bonds is 11. The fourth-order valence-electron chi connectivity index (χ4n) is 3.86. The second-order valence-corrected chi connectivity index (χ2v) is 21.3. The molecule has 2 atom stereocenters. The molecule has 2 heteroatoms. The first-order valence-corrected chi connectivity index (χ1v) is 17.3. The first-order chi connectivity index (χ1) is 9.67. The molecule has 0 aromatic carbocycles. The van der Waals surface area contributed by atoms with Crippen molar-refractivity contribution in [2.24, 2.45) is 11.8 Å². The molecular weight excluding hydrogens is 351 g/mol. The monoisotopic (exact) mass is 390 g/mol. The maximum absolute atomic E-state index is 5.76. The van der Waals surface area contributed by atoms with Crippen molar-refractivity contribution < 1.29 is 4.74 Å². The Labute approximate surface area is 132 Å². The van der Waals surface area contributed by atoms with Crippen molar-refractivity contribution in [2.75, 3.05) is 13.2 Å². The van der Waals surface area contributed by atoms with Crippen LogP contribution in [0.1, 0.15) is 66.2 Å². The Balaban J connectivity index is 2.69. The van der Waals surface area contributed by atoms with E-state index < -0.39 is 18.4 Å². The van der Waals surface area contributed by atoms with E-state index in [0.717, 1.165) is 25.0 Å². The Morgan fingerprint density at radius 1 is 0.850 bits per heavy atom. The van der Waals surface area contributed by atoms with Gasteiger partial charge < -0.3 is 0 Å². The van der Waals surface area contributed by atoms with Gasteiger partial charge in [-0.3, -0.25) is 0 Å². The van der Waals surface area contributed by atoms with E-state index in [0.29, 0.717) is 0 Å². The van der Waals surface area contributed by atoms with Crippen molar-refractivity contribution in [3.05, 3.63) is 0 Å². The average Bonchev–Trinajstić information content (AvgIpc) is 2.85. The molecule has 0 unspecified atom stereocenters. The van der Waals surface area contributed by atoms with Crippen LogP contribution < -0.4 is 0 Å². The quantitative estimate of drug-likeness (QED) is 0.387. The zero-order chi connectivity index (χ0) is 14.8. The Kier molecular flexibility index (Phi) is 9.85. The molecule has 0 aromatic heterocycles. The van der Waals surface area contributed by atoms with E-state index in [1.165, 1.54) is 38.5 Å². The minimum absolute atomic E-state index is 0.830.